The van der Waals surface area contributed by atoms with Crippen LogP contribution in [0.5, 0.6) is 0 Å². The second kappa shape index (κ2) is 9.98. The number of ether oxygens (including phenoxy) is 1. The molecule has 2 aliphatic rings. The van der Waals surface area contributed by atoms with E-state index in [1.165, 1.54) is 12.1 Å². The number of nitrogens with zero attached hydrogens (tertiary/aromatic N) is 2. The molecule has 2 aromatic carbocycles. The molecule has 4 rings (SSSR count). The van der Waals surface area contributed by atoms with Gasteiger partial charge in [0.25, 0.3) is 0 Å². The maximum absolute atomic E-state index is 13.9. The van der Waals surface area contributed by atoms with Crippen molar-refractivity contribution in [3.63, 3.8) is 0 Å². The summed E-state index contributed by atoms with van der Waals surface area (Å²) in [5.41, 5.74) is 0.543. The lowest BCUT2D eigenvalue weighted by Gasteiger charge is -2.43. The number of nitrogens with one attached hydrogen (secondary N) is 1. The zero-order chi connectivity index (χ0) is 22.6. The molecule has 0 unspecified atom stereocenters. The average Bonchev–Trinajstić information content (AvgIpc) is 2.81. The number of benzene rings is 2. The van der Waals surface area contributed by atoms with E-state index in [1.807, 2.05) is 28.0 Å². The summed E-state index contributed by atoms with van der Waals surface area (Å²) in [5, 5.41) is 3.33. The van der Waals surface area contributed by atoms with Crippen LogP contribution in [0.1, 0.15) is 18.4 Å². The Kier molecular flexibility index (Phi) is 7.08. The van der Waals surface area contributed by atoms with Crippen LogP contribution in [0.25, 0.3) is 0 Å². The van der Waals surface area contributed by atoms with Gasteiger partial charge in [-0.3, -0.25) is 14.5 Å². The molecule has 6 nitrogen and oxygen atoms in total. The fourth-order valence-corrected chi connectivity index (χ4v) is 4.68. The fraction of sp³-hybridized carbons (Fsp3) is 0.417. The van der Waals surface area contributed by atoms with E-state index in [0.717, 1.165) is 0 Å². The van der Waals surface area contributed by atoms with Gasteiger partial charge in [-0.2, -0.15) is 0 Å². The van der Waals surface area contributed by atoms with Gasteiger partial charge in [0.05, 0.1) is 22.7 Å². The molecule has 0 radical (unpaired) electrons. The molecule has 0 saturated carbocycles. The summed E-state index contributed by atoms with van der Waals surface area (Å²) in [4.78, 5) is 29.9. The van der Waals surface area contributed by atoms with Gasteiger partial charge in [0, 0.05) is 39.4 Å². The first-order valence-electron chi connectivity index (χ1n) is 10.9. The lowest BCUT2D eigenvalue weighted by Crippen LogP contribution is -2.56. The molecule has 32 heavy (non-hydrogen) atoms. The second-order valence-electron chi connectivity index (χ2n) is 8.30. The largest absolute Gasteiger partial charge is 0.381 e. The quantitative estimate of drug-likeness (QED) is 0.745. The fourth-order valence-electron chi connectivity index (χ4n) is 4.50. The van der Waals surface area contributed by atoms with Gasteiger partial charge in [-0.25, -0.2) is 4.39 Å². The number of rotatable bonds is 5. The first-order chi connectivity index (χ1) is 15.5. The Morgan fingerprint density at radius 1 is 1.03 bits per heavy atom. The molecule has 2 aliphatic heterocycles. The molecular formula is C24H27ClFN3O3. The van der Waals surface area contributed by atoms with E-state index < -0.39 is 5.41 Å². The highest BCUT2D eigenvalue weighted by Gasteiger charge is 2.44. The Balaban J connectivity index is 1.38. The third-order valence-corrected chi connectivity index (χ3v) is 6.64. The van der Waals surface area contributed by atoms with Gasteiger partial charge < -0.3 is 15.0 Å². The standard InChI is InChI=1S/C24H27ClFN3O3/c25-20-6-1-2-7-21(20)27-22(30)17-28-10-12-29(13-11-28)23(31)24(8-14-32-15-9-24)18-4-3-5-19(26)16-18/h1-7,16H,8-15,17H2,(H,27,30). The van der Waals surface area contributed by atoms with Crippen molar-refractivity contribution in [3.05, 3.63) is 64.9 Å². The highest BCUT2D eigenvalue weighted by Crippen LogP contribution is 2.37. The van der Waals surface area contributed by atoms with Crippen LogP contribution in [0.4, 0.5) is 10.1 Å². The number of para-hydroxylation sites is 1. The number of piperazine rings is 1. The summed E-state index contributed by atoms with van der Waals surface area (Å²) >= 11 is 6.11. The number of halogens is 2. The second-order valence-corrected chi connectivity index (χ2v) is 8.71. The number of hydrogen-bond acceptors (Lipinski definition) is 4. The Bertz CT molecular complexity index is 972. The minimum absolute atomic E-state index is 0.0200. The van der Waals surface area contributed by atoms with Crippen molar-refractivity contribution in [1.29, 1.82) is 0 Å². The lowest BCUT2D eigenvalue weighted by molar-refractivity contribution is -0.143. The van der Waals surface area contributed by atoms with Gasteiger partial charge in [0.1, 0.15) is 5.82 Å². The topological polar surface area (TPSA) is 61.9 Å². The Morgan fingerprint density at radius 2 is 1.75 bits per heavy atom. The Morgan fingerprint density at radius 3 is 2.44 bits per heavy atom. The van der Waals surface area contributed by atoms with E-state index in [0.29, 0.717) is 68.5 Å². The first kappa shape index (κ1) is 22.7. The van der Waals surface area contributed by atoms with Crippen LogP contribution < -0.4 is 5.32 Å². The predicted octanol–water partition coefficient (Wildman–Crippen LogP) is 3.31. The molecule has 1 N–H and O–H groups in total. The molecule has 0 aromatic heterocycles. The maximum atomic E-state index is 13.9. The smallest absolute Gasteiger partial charge is 0.238 e. The highest BCUT2D eigenvalue weighted by atomic mass is 35.5. The van der Waals surface area contributed by atoms with Gasteiger partial charge in [-0.15, -0.1) is 0 Å². The van der Waals surface area contributed by atoms with Gasteiger partial charge in [-0.05, 0) is 42.7 Å². The molecule has 8 heteroatoms. The third-order valence-electron chi connectivity index (χ3n) is 6.31. The van der Waals surface area contributed by atoms with Crippen molar-refractivity contribution in [3.8, 4) is 0 Å². The van der Waals surface area contributed by atoms with Crippen LogP contribution in [-0.4, -0.2) is 67.6 Å². The van der Waals surface area contributed by atoms with Crippen molar-refractivity contribution in [1.82, 2.24) is 9.80 Å². The number of anilines is 1. The molecule has 0 atom stereocenters. The lowest BCUT2D eigenvalue weighted by atomic mass is 9.73. The van der Waals surface area contributed by atoms with Crippen molar-refractivity contribution >= 4 is 29.1 Å². The Labute approximate surface area is 192 Å². The molecule has 2 saturated heterocycles. The number of hydrogen-bond donors (Lipinski definition) is 1. The van der Waals surface area contributed by atoms with Crippen LogP contribution in [0.15, 0.2) is 48.5 Å². The minimum atomic E-state index is -0.760. The molecule has 170 valence electrons. The summed E-state index contributed by atoms with van der Waals surface area (Å²) < 4.78 is 19.4. The molecular weight excluding hydrogens is 433 g/mol. The summed E-state index contributed by atoms with van der Waals surface area (Å²) in [6.07, 6.45) is 1.07. The van der Waals surface area contributed by atoms with E-state index >= 15 is 0 Å². The van der Waals surface area contributed by atoms with E-state index in [2.05, 4.69) is 5.32 Å². The van der Waals surface area contributed by atoms with E-state index in [1.54, 1.807) is 18.2 Å². The van der Waals surface area contributed by atoms with E-state index in [-0.39, 0.29) is 24.2 Å². The monoisotopic (exact) mass is 459 g/mol. The minimum Gasteiger partial charge on any atom is -0.381 e. The normalized spacial score (nSPS) is 18.9. The zero-order valence-corrected chi connectivity index (χ0v) is 18.6. The van der Waals surface area contributed by atoms with E-state index in [9.17, 15) is 14.0 Å². The molecule has 2 fully saturated rings. The SMILES string of the molecule is O=C(CN1CCN(C(=O)C2(c3cccc(F)c3)CCOCC2)CC1)Nc1ccccc1Cl. The molecule has 2 aromatic rings. The van der Waals surface area contributed by atoms with Crippen LogP contribution in [0, 0.1) is 5.82 Å². The van der Waals surface area contributed by atoms with Crippen molar-refractivity contribution < 1.29 is 18.7 Å². The summed E-state index contributed by atoms with van der Waals surface area (Å²) in [7, 11) is 0. The molecule has 0 spiro atoms. The van der Waals surface area contributed by atoms with Crippen molar-refractivity contribution in [2.75, 3.05) is 51.3 Å². The zero-order valence-electron chi connectivity index (χ0n) is 17.9. The Hall–Kier alpha value is -2.48. The average molecular weight is 460 g/mol. The van der Waals surface area contributed by atoms with Gasteiger partial charge in [0.15, 0.2) is 0 Å². The van der Waals surface area contributed by atoms with Crippen LogP contribution in [0.3, 0.4) is 0 Å². The molecule has 0 aliphatic carbocycles. The maximum Gasteiger partial charge on any atom is 0.238 e. The number of carbonyl (C=O) groups is 2. The summed E-state index contributed by atoms with van der Waals surface area (Å²) in [5.74, 6) is -0.458. The van der Waals surface area contributed by atoms with Gasteiger partial charge >= 0.3 is 0 Å². The van der Waals surface area contributed by atoms with Crippen molar-refractivity contribution in [2.45, 2.75) is 18.3 Å². The van der Waals surface area contributed by atoms with Gasteiger partial charge in [-0.1, -0.05) is 35.9 Å². The van der Waals surface area contributed by atoms with Crippen LogP contribution in [-0.2, 0) is 19.7 Å². The van der Waals surface area contributed by atoms with E-state index in [4.69, 9.17) is 16.3 Å². The highest BCUT2D eigenvalue weighted by molar-refractivity contribution is 6.33. The van der Waals surface area contributed by atoms with Crippen molar-refractivity contribution in [2.24, 2.45) is 0 Å². The van der Waals surface area contributed by atoms with Crippen LogP contribution >= 0.6 is 11.6 Å². The third kappa shape index (κ3) is 4.95. The summed E-state index contributed by atoms with van der Waals surface area (Å²) in [6, 6.07) is 13.5. The summed E-state index contributed by atoms with van der Waals surface area (Å²) in [6.45, 7) is 3.42. The number of amides is 2. The predicted molar refractivity (Wildman–Crippen MR) is 121 cm³/mol. The molecule has 0 bridgehead atoms. The molecule has 2 heterocycles. The van der Waals surface area contributed by atoms with Gasteiger partial charge in [0.2, 0.25) is 11.8 Å². The number of carbonyl (C=O) groups excluding carboxylic acids is 2. The molecule has 2 amide bonds. The first-order valence-corrected chi connectivity index (χ1v) is 11.3. The van der Waals surface area contributed by atoms with Crippen LogP contribution in [0.2, 0.25) is 5.02 Å².